The zero-order valence-corrected chi connectivity index (χ0v) is 17.4. The Hall–Kier alpha value is -2.17. The molecule has 1 N–H and O–H groups in total. The van der Waals surface area contributed by atoms with E-state index in [0.29, 0.717) is 6.54 Å². The Morgan fingerprint density at radius 2 is 1.68 bits per heavy atom. The standard InChI is InChI=1S/C24H32N2O2/c1-18(20-13-9-6-10-14-20)26(17-19-11-7-5-8-12-19)22-16-25-15-21(22)23(27)28-24(2,3)4/h5-14,18,21-22,25H,15-17H2,1-4H3/t18-,21+,22-/m0/s1. The van der Waals surface area contributed by atoms with Gasteiger partial charge in [0.15, 0.2) is 0 Å². The van der Waals surface area contributed by atoms with E-state index in [-0.39, 0.29) is 24.0 Å². The molecule has 1 aliphatic rings. The monoisotopic (exact) mass is 380 g/mol. The Bertz CT molecular complexity index is 755. The summed E-state index contributed by atoms with van der Waals surface area (Å²) in [7, 11) is 0. The van der Waals surface area contributed by atoms with Gasteiger partial charge in [0.2, 0.25) is 0 Å². The number of benzene rings is 2. The van der Waals surface area contributed by atoms with Gasteiger partial charge >= 0.3 is 5.97 Å². The SMILES string of the molecule is C[C@@H](c1ccccc1)N(Cc1ccccc1)[C@H]1CNC[C@H]1C(=O)OC(C)(C)C. The van der Waals surface area contributed by atoms with Crippen LogP contribution < -0.4 is 5.32 Å². The zero-order chi connectivity index (χ0) is 20.1. The highest BCUT2D eigenvalue weighted by molar-refractivity contribution is 5.74. The number of rotatable bonds is 6. The maximum Gasteiger partial charge on any atom is 0.312 e. The van der Waals surface area contributed by atoms with Gasteiger partial charge in [0, 0.05) is 31.7 Å². The molecule has 28 heavy (non-hydrogen) atoms. The second-order valence-corrected chi connectivity index (χ2v) is 8.61. The van der Waals surface area contributed by atoms with E-state index in [9.17, 15) is 4.79 Å². The van der Waals surface area contributed by atoms with Crippen molar-refractivity contribution in [1.82, 2.24) is 10.2 Å². The highest BCUT2D eigenvalue weighted by atomic mass is 16.6. The Balaban J connectivity index is 1.87. The van der Waals surface area contributed by atoms with E-state index >= 15 is 0 Å². The van der Waals surface area contributed by atoms with E-state index < -0.39 is 5.60 Å². The lowest BCUT2D eigenvalue weighted by molar-refractivity contribution is -0.161. The molecular formula is C24H32N2O2. The van der Waals surface area contributed by atoms with Gasteiger partial charge < -0.3 is 10.1 Å². The van der Waals surface area contributed by atoms with Crippen LogP contribution >= 0.6 is 0 Å². The van der Waals surface area contributed by atoms with Crippen molar-refractivity contribution in [2.24, 2.45) is 5.92 Å². The summed E-state index contributed by atoms with van der Waals surface area (Å²) in [6.45, 7) is 10.2. The van der Waals surface area contributed by atoms with E-state index in [2.05, 4.69) is 65.7 Å². The predicted molar refractivity (Wildman–Crippen MR) is 113 cm³/mol. The molecule has 1 heterocycles. The van der Waals surface area contributed by atoms with Gasteiger partial charge in [-0.3, -0.25) is 9.69 Å². The average molecular weight is 381 g/mol. The van der Waals surface area contributed by atoms with Gasteiger partial charge in [0.1, 0.15) is 5.60 Å². The van der Waals surface area contributed by atoms with Gasteiger partial charge in [-0.05, 0) is 38.8 Å². The summed E-state index contributed by atoms with van der Waals surface area (Å²) in [6, 6.07) is 21.3. The number of hydrogen-bond donors (Lipinski definition) is 1. The largest absolute Gasteiger partial charge is 0.460 e. The number of carbonyl (C=O) groups excluding carboxylic acids is 1. The minimum absolute atomic E-state index is 0.0882. The topological polar surface area (TPSA) is 41.6 Å². The quantitative estimate of drug-likeness (QED) is 0.764. The van der Waals surface area contributed by atoms with Crippen molar-refractivity contribution < 1.29 is 9.53 Å². The molecule has 0 aliphatic carbocycles. The summed E-state index contributed by atoms with van der Waals surface area (Å²) < 4.78 is 5.73. The summed E-state index contributed by atoms with van der Waals surface area (Å²) in [6.07, 6.45) is 0. The molecule has 0 amide bonds. The van der Waals surface area contributed by atoms with Crippen LogP contribution in [0.15, 0.2) is 60.7 Å². The van der Waals surface area contributed by atoms with Crippen LogP contribution in [0.3, 0.4) is 0 Å². The van der Waals surface area contributed by atoms with Crippen LogP contribution in [0.4, 0.5) is 0 Å². The molecule has 4 nitrogen and oxygen atoms in total. The van der Waals surface area contributed by atoms with Crippen molar-refractivity contribution in [3.05, 3.63) is 71.8 Å². The van der Waals surface area contributed by atoms with Gasteiger partial charge in [-0.1, -0.05) is 60.7 Å². The Morgan fingerprint density at radius 1 is 1.07 bits per heavy atom. The van der Waals surface area contributed by atoms with Gasteiger partial charge in [-0.25, -0.2) is 0 Å². The lowest BCUT2D eigenvalue weighted by atomic mass is 9.96. The fourth-order valence-corrected chi connectivity index (χ4v) is 3.89. The fourth-order valence-electron chi connectivity index (χ4n) is 3.89. The molecule has 0 aromatic heterocycles. The van der Waals surface area contributed by atoms with Crippen LogP contribution in [0, 0.1) is 5.92 Å². The van der Waals surface area contributed by atoms with E-state index in [1.807, 2.05) is 32.9 Å². The Kier molecular flexibility index (Phi) is 6.53. The van der Waals surface area contributed by atoms with Gasteiger partial charge in [-0.2, -0.15) is 0 Å². The predicted octanol–water partition coefficient (Wildman–Crippen LogP) is 4.18. The fraction of sp³-hybridized carbons (Fsp3) is 0.458. The van der Waals surface area contributed by atoms with Gasteiger partial charge in [-0.15, -0.1) is 0 Å². The third kappa shape index (κ3) is 5.21. The Morgan fingerprint density at radius 3 is 2.29 bits per heavy atom. The first kappa shape index (κ1) is 20.6. The summed E-state index contributed by atoms with van der Waals surface area (Å²) in [5.74, 6) is -0.282. The molecule has 150 valence electrons. The number of hydrogen-bond acceptors (Lipinski definition) is 4. The van der Waals surface area contributed by atoms with Crippen LogP contribution in [0.25, 0.3) is 0 Å². The number of esters is 1. The highest BCUT2D eigenvalue weighted by Gasteiger charge is 2.40. The lowest BCUT2D eigenvalue weighted by Crippen LogP contribution is -2.45. The first-order chi connectivity index (χ1) is 13.3. The van der Waals surface area contributed by atoms with Crippen LogP contribution in [-0.2, 0) is 16.1 Å². The molecule has 3 atom stereocenters. The molecule has 2 aromatic rings. The lowest BCUT2D eigenvalue weighted by Gasteiger charge is -2.37. The molecular weight excluding hydrogens is 348 g/mol. The molecule has 1 saturated heterocycles. The van der Waals surface area contributed by atoms with Crippen molar-refractivity contribution >= 4 is 5.97 Å². The summed E-state index contributed by atoms with van der Waals surface area (Å²) >= 11 is 0. The molecule has 4 heteroatoms. The van der Waals surface area contributed by atoms with Gasteiger partial charge in [0.25, 0.3) is 0 Å². The minimum Gasteiger partial charge on any atom is -0.460 e. The molecule has 0 unspecified atom stereocenters. The van der Waals surface area contributed by atoms with Crippen molar-refractivity contribution in [2.45, 2.75) is 51.9 Å². The number of ether oxygens (including phenoxy) is 1. The first-order valence-electron chi connectivity index (χ1n) is 10.1. The van der Waals surface area contributed by atoms with E-state index in [0.717, 1.165) is 13.1 Å². The second-order valence-electron chi connectivity index (χ2n) is 8.61. The van der Waals surface area contributed by atoms with Crippen molar-refractivity contribution in [3.63, 3.8) is 0 Å². The van der Waals surface area contributed by atoms with Crippen molar-refractivity contribution in [2.75, 3.05) is 13.1 Å². The maximum absolute atomic E-state index is 12.9. The number of carbonyl (C=O) groups is 1. The average Bonchev–Trinajstić information content (AvgIpc) is 3.15. The summed E-state index contributed by atoms with van der Waals surface area (Å²) in [5.41, 5.74) is 2.04. The highest BCUT2D eigenvalue weighted by Crippen LogP contribution is 2.30. The smallest absolute Gasteiger partial charge is 0.312 e. The molecule has 0 bridgehead atoms. The molecule has 2 aromatic carbocycles. The number of nitrogens with zero attached hydrogens (tertiary/aromatic N) is 1. The zero-order valence-electron chi connectivity index (χ0n) is 17.4. The third-order valence-electron chi connectivity index (χ3n) is 5.31. The molecule has 0 radical (unpaired) electrons. The summed E-state index contributed by atoms with van der Waals surface area (Å²) in [4.78, 5) is 15.3. The Labute approximate surface area is 168 Å². The number of nitrogens with one attached hydrogen (secondary N) is 1. The maximum atomic E-state index is 12.9. The molecule has 1 fully saturated rings. The van der Waals surface area contributed by atoms with Crippen LogP contribution in [0.2, 0.25) is 0 Å². The second kappa shape index (κ2) is 8.89. The minimum atomic E-state index is -0.473. The normalized spacial score (nSPS) is 20.9. The van der Waals surface area contributed by atoms with Crippen molar-refractivity contribution in [3.8, 4) is 0 Å². The molecule has 0 spiro atoms. The molecule has 0 saturated carbocycles. The molecule has 1 aliphatic heterocycles. The third-order valence-corrected chi connectivity index (χ3v) is 5.31. The van der Waals surface area contributed by atoms with Crippen LogP contribution in [0.5, 0.6) is 0 Å². The van der Waals surface area contributed by atoms with Crippen LogP contribution in [-0.4, -0.2) is 35.6 Å². The van der Waals surface area contributed by atoms with Crippen molar-refractivity contribution in [1.29, 1.82) is 0 Å². The van der Waals surface area contributed by atoms with Crippen LogP contribution in [0.1, 0.15) is 44.9 Å². The van der Waals surface area contributed by atoms with E-state index in [1.54, 1.807) is 0 Å². The van der Waals surface area contributed by atoms with E-state index in [1.165, 1.54) is 11.1 Å². The van der Waals surface area contributed by atoms with Gasteiger partial charge in [0.05, 0.1) is 5.92 Å². The first-order valence-corrected chi connectivity index (χ1v) is 10.1. The van der Waals surface area contributed by atoms with E-state index in [4.69, 9.17) is 4.74 Å². The summed E-state index contributed by atoms with van der Waals surface area (Å²) in [5, 5.41) is 3.42. The molecule has 3 rings (SSSR count).